The molecule has 0 saturated carbocycles. The van der Waals surface area contributed by atoms with Crippen LogP contribution in [0.5, 0.6) is 0 Å². The van der Waals surface area contributed by atoms with Gasteiger partial charge in [-0.1, -0.05) is 31.2 Å². The maximum Gasteiger partial charge on any atom is 0.329 e. The molecular formula is C22H22N2O5. The van der Waals surface area contributed by atoms with E-state index in [4.69, 9.17) is 4.74 Å². The lowest BCUT2D eigenvalue weighted by Crippen LogP contribution is -2.45. The first-order valence-electron chi connectivity index (χ1n) is 9.40. The second kappa shape index (κ2) is 8.26. The molecule has 2 atom stereocenters. The molecule has 0 aromatic heterocycles. The number of carbonyl (C=O) groups is 4. The van der Waals surface area contributed by atoms with Crippen molar-refractivity contribution >= 4 is 29.4 Å². The Morgan fingerprint density at radius 1 is 0.966 bits per heavy atom. The van der Waals surface area contributed by atoms with E-state index >= 15 is 0 Å². The Morgan fingerprint density at radius 2 is 1.52 bits per heavy atom. The molecule has 2 unspecified atom stereocenters. The molecule has 1 N–H and O–H groups in total. The van der Waals surface area contributed by atoms with E-state index in [0.29, 0.717) is 5.69 Å². The maximum absolute atomic E-state index is 12.5. The second-order valence-electron chi connectivity index (χ2n) is 6.82. The Morgan fingerprint density at radius 3 is 2.03 bits per heavy atom. The van der Waals surface area contributed by atoms with Gasteiger partial charge in [0.05, 0.1) is 11.1 Å². The van der Waals surface area contributed by atoms with Crippen molar-refractivity contribution in [2.75, 3.05) is 5.32 Å². The molecule has 29 heavy (non-hydrogen) atoms. The highest BCUT2D eigenvalue weighted by atomic mass is 16.5. The third kappa shape index (κ3) is 4.03. The molecule has 0 saturated heterocycles. The van der Waals surface area contributed by atoms with Crippen LogP contribution in [-0.4, -0.2) is 40.7 Å². The summed E-state index contributed by atoms with van der Waals surface area (Å²) in [4.78, 5) is 50.6. The van der Waals surface area contributed by atoms with Gasteiger partial charge < -0.3 is 10.1 Å². The third-order valence-corrected chi connectivity index (χ3v) is 4.85. The van der Waals surface area contributed by atoms with Gasteiger partial charge in [-0.15, -0.1) is 0 Å². The number of ether oxygens (including phenoxy) is 1. The number of carbonyl (C=O) groups excluding carboxylic acids is 4. The van der Waals surface area contributed by atoms with Crippen LogP contribution in [0.15, 0.2) is 48.5 Å². The van der Waals surface area contributed by atoms with Crippen molar-refractivity contribution in [1.29, 1.82) is 0 Å². The van der Waals surface area contributed by atoms with E-state index < -0.39 is 35.8 Å². The minimum absolute atomic E-state index is 0.249. The van der Waals surface area contributed by atoms with Crippen LogP contribution >= 0.6 is 0 Å². The predicted octanol–water partition coefficient (Wildman–Crippen LogP) is 2.80. The highest BCUT2D eigenvalue weighted by Gasteiger charge is 2.41. The number of aryl methyl sites for hydroxylation is 1. The van der Waals surface area contributed by atoms with E-state index in [0.717, 1.165) is 16.9 Å². The first-order chi connectivity index (χ1) is 13.8. The van der Waals surface area contributed by atoms with Crippen molar-refractivity contribution in [2.45, 2.75) is 39.3 Å². The molecule has 3 amide bonds. The molecule has 3 rings (SSSR count). The number of fused-ring (bicyclic) bond motifs is 1. The molecule has 7 nitrogen and oxygen atoms in total. The second-order valence-corrected chi connectivity index (χ2v) is 6.82. The Bertz CT molecular complexity index is 932. The molecule has 1 aliphatic heterocycles. The first kappa shape index (κ1) is 20.3. The summed E-state index contributed by atoms with van der Waals surface area (Å²) in [6.45, 7) is 4.87. The molecule has 1 heterocycles. The fourth-order valence-corrected chi connectivity index (χ4v) is 3.06. The lowest BCUT2D eigenvalue weighted by atomic mass is 10.1. The Balaban J connectivity index is 1.62. The van der Waals surface area contributed by atoms with Gasteiger partial charge in [0, 0.05) is 5.69 Å². The van der Waals surface area contributed by atoms with E-state index in [1.807, 2.05) is 19.1 Å². The summed E-state index contributed by atoms with van der Waals surface area (Å²) in [7, 11) is 0. The molecular weight excluding hydrogens is 372 g/mol. The van der Waals surface area contributed by atoms with Gasteiger partial charge in [0.15, 0.2) is 6.10 Å². The number of hydrogen-bond acceptors (Lipinski definition) is 5. The zero-order chi connectivity index (χ0) is 21.1. The normalized spacial score (nSPS) is 14.9. The predicted molar refractivity (Wildman–Crippen MR) is 106 cm³/mol. The number of benzene rings is 2. The number of rotatable bonds is 6. The van der Waals surface area contributed by atoms with Crippen molar-refractivity contribution in [3.63, 3.8) is 0 Å². The molecule has 2 aromatic rings. The van der Waals surface area contributed by atoms with Gasteiger partial charge in [0.1, 0.15) is 6.04 Å². The maximum atomic E-state index is 12.5. The number of nitrogens with zero attached hydrogens (tertiary/aromatic N) is 1. The highest BCUT2D eigenvalue weighted by molar-refractivity contribution is 6.22. The van der Waals surface area contributed by atoms with Gasteiger partial charge in [-0.3, -0.25) is 19.3 Å². The van der Waals surface area contributed by atoms with Gasteiger partial charge in [0.2, 0.25) is 0 Å². The molecule has 0 fully saturated rings. The molecule has 0 radical (unpaired) electrons. The Kier molecular flexibility index (Phi) is 5.77. The standard InChI is InChI=1S/C22H22N2O5/c1-4-15-9-11-16(12-10-15)23-19(25)14(3)29-22(28)13(2)24-20(26)17-7-5-6-8-18(17)21(24)27/h5-14H,4H2,1-3H3,(H,23,25). The molecule has 0 bridgehead atoms. The van der Waals surface area contributed by atoms with Crippen LogP contribution in [0.4, 0.5) is 5.69 Å². The summed E-state index contributed by atoms with van der Waals surface area (Å²) in [6, 6.07) is 12.6. The van der Waals surface area contributed by atoms with E-state index in [1.54, 1.807) is 24.3 Å². The monoisotopic (exact) mass is 394 g/mol. The Hall–Kier alpha value is -3.48. The molecule has 150 valence electrons. The average molecular weight is 394 g/mol. The van der Waals surface area contributed by atoms with Gasteiger partial charge in [-0.05, 0) is 50.1 Å². The lowest BCUT2D eigenvalue weighted by molar-refractivity contribution is -0.156. The number of hydrogen-bond donors (Lipinski definition) is 1. The van der Waals surface area contributed by atoms with Crippen LogP contribution in [0, 0.1) is 0 Å². The van der Waals surface area contributed by atoms with E-state index in [-0.39, 0.29) is 11.1 Å². The summed E-state index contributed by atoms with van der Waals surface area (Å²) in [6.07, 6.45) is -0.205. The van der Waals surface area contributed by atoms with Crippen molar-refractivity contribution in [3.8, 4) is 0 Å². The summed E-state index contributed by atoms with van der Waals surface area (Å²) in [5, 5.41) is 2.67. The van der Waals surface area contributed by atoms with Crippen LogP contribution in [0.1, 0.15) is 47.1 Å². The molecule has 1 aliphatic rings. The SMILES string of the molecule is CCc1ccc(NC(=O)C(C)OC(=O)C(C)N2C(=O)c3ccccc3C2=O)cc1. The van der Waals surface area contributed by atoms with Gasteiger partial charge in [-0.2, -0.15) is 0 Å². The molecule has 0 aliphatic carbocycles. The largest absolute Gasteiger partial charge is 0.451 e. The van der Waals surface area contributed by atoms with E-state index in [2.05, 4.69) is 5.32 Å². The number of nitrogens with one attached hydrogen (secondary N) is 1. The van der Waals surface area contributed by atoms with Crippen LogP contribution in [-0.2, 0) is 20.7 Å². The summed E-state index contributed by atoms with van der Waals surface area (Å²) < 4.78 is 5.20. The zero-order valence-electron chi connectivity index (χ0n) is 16.5. The van der Waals surface area contributed by atoms with Gasteiger partial charge in [0.25, 0.3) is 17.7 Å². The summed E-state index contributed by atoms with van der Waals surface area (Å²) in [5.74, 6) is -2.44. The van der Waals surface area contributed by atoms with Crippen molar-refractivity contribution in [1.82, 2.24) is 4.90 Å². The topological polar surface area (TPSA) is 92.8 Å². The number of anilines is 1. The van der Waals surface area contributed by atoms with Gasteiger partial charge >= 0.3 is 5.97 Å². The average Bonchev–Trinajstić information content (AvgIpc) is 2.98. The number of imide groups is 1. The number of esters is 1. The summed E-state index contributed by atoms with van der Waals surface area (Å²) >= 11 is 0. The van der Waals surface area contributed by atoms with Gasteiger partial charge in [-0.25, -0.2) is 4.79 Å². The minimum Gasteiger partial charge on any atom is -0.451 e. The molecule has 2 aromatic carbocycles. The van der Waals surface area contributed by atoms with Crippen molar-refractivity contribution in [3.05, 3.63) is 65.2 Å². The number of amides is 3. The first-order valence-corrected chi connectivity index (χ1v) is 9.40. The van der Waals surface area contributed by atoms with E-state index in [1.165, 1.54) is 26.0 Å². The van der Waals surface area contributed by atoms with Crippen molar-refractivity contribution in [2.24, 2.45) is 0 Å². The fraction of sp³-hybridized carbons (Fsp3) is 0.273. The summed E-state index contributed by atoms with van der Waals surface area (Å²) in [5.41, 5.74) is 2.22. The van der Waals surface area contributed by atoms with Crippen molar-refractivity contribution < 1.29 is 23.9 Å². The fourth-order valence-electron chi connectivity index (χ4n) is 3.06. The van der Waals surface area contributed by atoms with Crippen LogP contribution < -0.4 is 5.32 Å². The molecule has 0 spiro atoms. The van der Waals surface area contributed by atoms with Crippen LogP contribution in [0.2, 0.25) is 0 Å². The smallest absolute Gasteiger partial charge is 0.329 e. The minimum atomic E-state index is -1.15. The zero-order valence-corrected chi connectivity index (χ0v) is 16.5. The quantitative estimate of drug-likeness (QED) is 0.601. The van der Waals surface area contributed by atoms with Crippen LogP contribution in [0.25, 0.3) is 0 Å². The highest BCUT2D eigenvalue weighted by Crippen LogP contribution is 2.25. The third-order valence-electron chi connectivity index (χ3n) is 4.85. The molecule has 7 heteroatoms. The van der Waals surface area contributed by atoms with E-state index in [9.17, 15) is 19.2 Å². The lowest BCUT2D eigenvalue weighted by Gasteiger charge is -2.22. The Labute approximate surface area is 168 Å². The van der Waals surface area contributed by atoms with Crippen LogP contribution in [0.3, 0.4) is 0 Å².